The van der Waals surface area contributed by atoms with Gasteiger partial charge in [-0.25, -0.2) is 0 Å². The minimum Gasteiger partial charge on any atom is -0.168 e. The molecule has 0 aliphatic heterocycles. The lowest BCUT2D eigenvalue weighted by Crippen LogP contribution is -2.27. The van der Waals surface area contributed by atoms with Crippen molar-refractivity contribution in [3.63, 3.8) is 0 Å². The van der Waals surface area contributed by atoms with Crippen LogP contribution in [0.25, 0.3) is 0 Å². The Balaban J connectivity index is 2.66. The van der Waals surface area contributed by atoms with Gasteiger partial charge in [0.05, 0.1) is 0 Å². The topological polar surface area (TPSA) is 0 Å². The molecule has 0 heterocycles. The molecule has 1 aliphatic rings. The predicted octanol–water partition coefficient (Wildman–Crippen LogP) is 4.34. The van der Waals surface area contributed by atoms with Crippen LogP contribution in [0.3, 0.4) is 0 Å². The molecule has 0 amide bonds. The lowest BCUT2D eigenvalue weighted by molar-refractivity contribution is 0.490. The van der Waals surface area contributed by atoms with Crippen LogP contribution in [0.2, 0.25) is 19.1 Å². The molecule has 0 saturated heterocycles. The van der Waals surface area contributed by atoms with Gasteiger partial charge in [-0.1, -0.05) is 50.7 Å². The number of hydrogen-bond acceptors (Lipinski definition) is 0. The standard InChI is InChI=1S/C11H19ClSi/c1-11(2,9-13(3,4)12)10-7-5-6-8-10/h5-7H,8-9H2,1-4H3. The van der Waals surface area contributed by atoms with E-state index in [4.69, 9.17) is 11.1 Å². The Hall–Kier alpha value is -0.0131. The molecule has 0 radical (unpaired) electrons. The summed E-state index contributed by atoms with van der Waals surface area (Å²) in [4.78, 5) is 0. The lowest BCUT2D eigenvalue weighted by Gasteiger charge is -2.31. The van der Waals surface area contributed by atoms with E-state index in [1.54, 1.807) is 0 Å². The van der Waals surface area contributed by atoms with E-state index in [9.17, 15) is 0 Å². The van der Waals surface area contributed by atoms with Crippen molar-refractivity contribution in [3.05, 3.63) is 23.8 Å². The second-order valence-electron chi connectivity index (χ2n) is 5.10. The summed E-state index contributed by atoms with van der Waals surface area (Å²) < 4.78 is 0. The molecule has 2 heteroatoms. The van der Waals surface area contributed by atoms with E-state index in [0.29, 0.717) is 5.41 Å². The summed E-state index contributed by atoms with van der Waals surface area (Å²) in [7, 11) is -1.46. The maximum atomic E-state index is 6.39. The molecule has 0 aromatic carbocycles. The maximum Gasteiger partial charge on any atom is 0.151 e. The summed E-state index contributed by atoms with van der Waals surface area (Å²) in [5.74, 6) is 0. The van der Waals surface area contributed by atoms with Crippen molar-refractivity contribution in [2.24, 2.45) is 5.41 Å². The zero-order chi connectivity index (χ0) is 10.1. The molecule has 1 rings (SSSR count). The smallest absolute Gasteiger partial charge is 0.151 e. The third-order valence-corrected chi connectivity index (χ3v) is 4.63. The highest BCUT2D eigenvalue weighted by Gasteiger charge is 2.31. The third kappa shape index (κ3) is 3.32. The molecule has 0 spiro atoms. The Morgan fingerprint density at radius 3 is 2.46 bits per heavy atom. The van der Waals surface area contributed by atoms with E-state index in [2.05, 4.69) is 45.2 Å². The number of allylic oxidation sites excluding steroid dienone is 4. The first-order chi connectivity index (χ1) is 5.81. The largest absolute Gasteiger partial charge is 0.168 e. The van der Waals surface area contributed by atoms with E-state index >= 15 is 0 Å². The van der Waals surface area contributed by atoms with Crippen molar-refractivity contribution in [2.75, 3.05) is 0 Å². The van der Waals surface area contributed by atoms with Crippen molar-refractivity contribution in [2.45, 2.75) is 39.4 Å². The summed E-state index contributed by atoms with van der Waals surface area (Å²) in [6.07, 6.45) is 7.74. The second kappa shape index (κ2) is 3.62. The van der Waals surface area contributed by atoms with E-state index < -0.39 is 7.38 Å². The van der Waals surface area contributed by atoms with Crippen molar-refractivity contribution in [3.8, 4) is 0 Å². The van der Waals surface area contributed by atoms with Gasteiger partial charge in [-0.15, -0.1) is 0 Å². The second-order valence-corrected chi connectivity index (χ2v) is 12.0. The average molecular weight is 215 g/mol. The van der Waals surface area contributed by atoms with Gasteiger partial charge in [-0.2, -0.15) is 11.1 Å². The van der Waals surface area contributed by atoms with Crippen molar-refractivity contribution in [1.82, 2.24) is 0 Å². The first kappa shape index (κ1) is 11.1. The van der Waals surface area contributed by atoms with Crippen LogP contribution < -0.4 is 0 Å². The third-order valence-electron chi connectivity index (χ3n) is 2.50. The van der Waals surface area contributed by atoms with Crippen molar-refractivity contribution in [1.29, 1.82) is 0 Å². The summed E-state index contributed by atoms with van der Waals surface area (Å²) in [6.45, 7) is 9.06. The normalized spacial score (nSPS) is 17.8. The Morgan fingerprint density at radius 2 is 2.08 bits per heavy atom. The minimum atomic E-state index is -1.46. The van der Waals surface area contributed by atoms with Gasteiger partial charge in [0.1, 0.15) is 0 Å². The van der Waals surface area contributed by atoms with Crippen molar-refractivity contribution >= 4 is 18.5 Å². The molecule has 0 unspecified atom stereocenters. The molecule has 1 aliphatic carbocycles. The SMILES string of the molecule is CC(C)(C[Si](C)(C)Cl)C1=CC=CC1. The van der Waals surface area contributed by atoms with E-state index in [0.717, 1.165) is 12.5 Å². The van der Waals surface area contributed by atoms with E-state index in [-0.39, 0.29) is 0 Å². The molecule has 0 aromatic rings. The molecule has 0 bridgehead atoms. The molecule has 0 saturated carbocycles. The van der Waals surface area contributed by atoms with Crippen LogP contribution in [0.4, 0.5) is 0 Å². The van der Waals surface area contributed by atoms with Crippen LogP contribution in [0.1, 0.15) is 20.3 Å². The van der Waals surface area contributed by atoms with Crippen LogP contribution in [-0.4, -0.2) is 7.38 Å². The fraction of sp³-hybridized carbons (Fsp3) is 0.636. The zero-order valence-corrected chi connectivity index (χ0v) is 10.8. The fourth-order valence-electron chi connectivity index (χ4n) is 2.11. The van der Waals surface area contributed by atoms with Gasteiger partial charge in [0.15, 0.2) is 7.38 Å². The van der Waals surface area contributed by atoms with Crippen LogP contribution in [-0.2, 0) is 0 Å². The van der Waals surface area contributed by atoms with Crippen LogP contribution in [0.15, 0.2) is 23.8 Å². The molecule has 0 atom stereocenters. The van der Waals surface area contributed by atoms with Crippen LogP contribution >= 0.6 is 11.1 Å². The summed E-state index contributed by atoms with van der Waals surface area (Å²) >= 11 is 6.39. The first-order valence-electron chi connectivity index (χ1n) is 4.86. The quantitative estimate of drug-likeness (QED) is 0.484. The average Bonchev–Trinajstić information content (AvgIpc) is 2.29. The Kier molecular flexibility index (Phi) is 3.08. The van der Waals surface area contributed by atoms with Gasteiger partial charge < -0.3 is 0 Å². The molecular formula is C11H19ClSi. The summed E-state index contributed by atoms with van der Waals surface area (Å²) in [5, 5.41) is 0. The fourth-order valence-corrected chi connectivity index (χ4v) is 5.44. The monoisotopic (exact) mass is 214 g/mol. The number of rotatable bonds is 3. The minimum absolute atomic E-state index is 0.293. The highest BCUT2D eigenvalue weighted by atomic mass is 35.6. The Labute approximate surface area is 87.4 Å². The molecule has 74 valence electrons. The summed E-state index contributed by atoms with van der Waals surface area (Å²) in [5.41, 5.74) is 1.83. The van der Waals surface area contributed by atoms with Gasteiger partial charge in [0, 0.05) is 0 Å². The molecule has 0 nitrogen and oxygen atoms in total. The van der Waals surface area contributed by atoms with E-state index in [1.165, 1.54) is 5.57 Å². The van der Waals surface area contributed by atoms with Crippen LogP contribution in [0.5, 0.6) is 0 Å². The molecule has 0 fully saturated rings. The Bertz CT molecular complexity index is 243. The molecular weight excluding hydrogens is 196 g/mol. The van der Waals surface area contributed by atoms with Crippen LogP contribution in [0, 0.1) is 5.41 Å². The van der Waals surface area contributed by atoms with Gasteiger partial charge in [-0.05, 0) is 17.9 Å². The number of halogens is 1. The lowest BCUT2D eigenvalue weighted by atomic mass is 9.85. The first-order valence-corrected chi connectivity index (χ1v) is 9.08. The van der Waals surface area contributed by atoms with Gasteiger partial charge >= 0.3 is 0 Å². The van der Waals surface area contributed by atoms with Gasteiger partial charge in [0.25, 0.3) is 0 Å². The Morgan fingerprint density at radius 1 is 1.46 bits per heavy atom. The highest BCUT2D eigenvalue weighted by molar-refractivity contribution is 7.19. The molecule has 0 N–H and O–H groups in total. The van der Waals surface area contributed by atoms with Crippen molar-refractivity contribution < 1.29 is 0 Å². The predicted molar refractivity (Wildman–Crippen MR) is 63.8 cm³/mol. The van der Waals surface area contributed by atoms with Gasteiger partial charge in [0.2, 0.25) is 0 Å². The summed E-state index contributed by atoms with van der Waals surface area (Å²) in [6, 6.07) is 1.16. The maximum absolute atomic E-state index is 6.39. The molecule has 0 aromatic heterocycles. The zero-order valence-electron chi connectivity index (χ0n) is 9.02. The van der Waals surface area contributed by atoms with E-state index in [1.807, 2.05) is 0 Å². The van der Waals surface area contributed by atoms with Gasteiger partial charge in [-0.3, -0.25) is 0 Å². The molecule has 13 heavy (non-hydrogen) atoms. The highest BCUT2D eigenvalue weighted by Crippen LogP contribution is 2.40. The number of hydrogen-bond donors (Lipinski definition) is 0.